The summed E-state index contributed by atoms with van der Waals surface area (Å²) in [6.45, 7) is 4.46. The van der Waals surface area contributed by atoms with Gasteiger partial charge in [-0.3, -0.25) is 4.90 Å². The van der Waals surface area contributed by atoms with Crippen LogP contribution in [0, 0.1) is 12.7 Å². The molecule has 1 unspecified atom stereocenters. The van der Waals surface area contributed by atoms with Gasteiger partial charge in [0.2, 0.25) is 11.7 Å². The Morgan fingerprint density at radius 1 is 1.19 bits per heavy atom. The molecule has 5 nitrogen and oxygen atoms in total. The molecule has 0 radical (unpaired) electrons. The second kappa shape index (κ2) is 7.66. The number of ether oxygens (including phenoxy) is 1. The molecule has 0 aliphatic heterocycles. The van der Waals surface area contributed by atoms with Crippen LogP contribution in [0.4, 0.5) is 4.39 Å². The Hall–Kier alpha value is -2.73. The van der Waals surface area contributed by atoms with Gasteiger partial charge in [0.15, 0.2) is 0 Å². The highest BCUT2D eigenvalue weighted by atomic mass is 19.1. The van der Waals surface area contributed by atoms with E-state index in [1.807, 2.05) is 38.2 Å². The van der Waals surface area contributed by atoms with Gasteiger partial charge in [-0.05, 0) is 62.4 Å². The molecule has 136 valence electrons. The van der Waals surface area contributed by atoms with Gasteiger partial charge in [-0.2, -0.15) is 4.98 Å². The van der Waals surface area contributed by atoms with Gasteiger partial charge in [0.25, 0.3) is 0 Å². The molecule has 3 rings (SSSR count). The third-order valence-corrected chi connectivity index (χ3v) is 4.47. The number of aromatic nitrogens is 2. The summed E-state index contributed by atoms with van der Waals surface area (Å²) in [6, 6.07) is 12.7. The van der Waals surface area contributed by atoms with E-state index in [2.05, 4.69) is 15.0 Å². The predicted molar refractivity (Wildman–Crippen MR) is 97.3 cm³/mol. The first kappa shape index (κ1) is 18.1. The van der Waals surface area contributed by atoms with Crippen LogP contribution < -0.4 is 4.74 Å². The molecule has 0 N–H and O–H groups in total. The SMILES string of the molecule is COc1ccc(CN(C)C(C)c2nc(-c3ccc(F)c(C)c3)no2)cc1. The molecule has 0 saturated carbocycles. The van der Waals surface area contributed by atoms with Crippen molar-refractivity contribution < 1.29 is 13.7 Å². The lowest BCUT2D eigenvalue weighted by Gasteiger charge is -2.21. The molecular weight excluding hydrogens is 333 g/mol. The molecule has 6 heteroatoms. The van der Waals surface area contributed by atoms with Gasteiger partial charge in [-0.15, -0.1) is 0 Å². The van der Waals surface area contributed by atoms with Crippen LogP contribution in [0.15, 0.2) is 47.0 Å². The van der Waals surface area contributed by atoms with Crippen LogP contribution in [-0.4, -0.2) is 29.2 Å². The van der Waals surface area contributed by atoms with Crippen molar-refractivity contribution in [3.63, 3.8) is 0 Å². The van der Waals surface area contributed by atoms with Crippen LogP contribution in [0.1, 0.15) is 30.0 Å². The van der Waals surface area contributed by atoms with Gasteiger partial charge in [0.05, 0.1) is 13.2 Å². The van der Waals surface area contributed by atoms with E-state index in [1.54, 1.807) is 26.2 Å². The van der Waals surface area contributed by atoms with Crippen molar-refractivity contribution >= 4 is 0 Å². The fourth-order valence-corrected chi connectivity index (χ4v) is 2.65. The topological polar surface area (TPSA) is 51.4 Å². The van der Waals surface area contributed by atoms with Crippen molar-refractivity contribution in [3.8, 4) is 17.1 Å². The molecule has 1 aromatic heterocycles. The summed E-state index contributed by atoms with van der Waals surface area (Å²) in [5.41, 5.74) is 2.46. The summed E-state index contributed by atoms with van der Waals surface area (Å²) < 4.78 is 24.0. The fourth-order valence-electron chi connectivity index (χ4n) is 2.65. The molecule has 0 aliphatic rings. The summed E-state index contributed by atoms with van der Waals surface area (Å²) in [5, 5.41) is 4.04. The van der Waals surface area contributed by atoms with E-state index in [4.69, 9.17) is 9.26 Å². The van der Waals surface area contributed by atoms with E-state index in [-0.39, 0.29) is 11.9 Å². The molecule has 26 heavy (non-hydrogen) atoms. The summed E-state index contributed by atoms with van der Waals surface area (Å²) in [4.78, 5) is 6.60. The monoisotopic (exact) mass is 355 g/mol. The normalized spacial score (nSPS) is 12.4. The number of aryl methyl sites for hydroxylation is 1. The van der Waals surface area contributed by atoms with Crippen molar-refractivity contribution in [2.24, 2.45) is 0 Å². The maximum atomic E-state index is 13.4. The highest BCUT2D eigenvalue weighted by Gasteiger charge is 2.20. The van der Waals surface area contributed by atoms with Gasteiger partial charge in [-0.25, -0.2) is 4.39 Å². The standard InChI is InChI=1S/C20H22FN3O2/c1-13-11-16(7-10-18(13)21)19-22-20(26-23-19)14(2)24(3)12-15-5-8-17(25-4)9-6-15/h5-11,14H,12H2,1-4H3. The third kappa shape index (κ3) is 3.91. The number of methoxy groups -OCH3 is 1. The average Bonchev–Trinajstić information content (AvgIpc) is 3.14. The number of hydrogen-bond acceptors (Lipinski definition) is 5. The molecule has 0 saturated heterocycles. The summed E-state index contributed by atoms with van der Waals surface area (Å²) in [6.07, 6.45) is 0. The maximum absolute atomic E-state index is 13.4. The summed E-state index contributed by atoms with van der Waals surface area (Å²) >= 11 is 0. The molecule has 1 heterocycles. The molecule has 0 fully saturated rings. The van der Waals surface area contributed by atoms with Crippen LogP contribution in [0.2, 0.25) is 0 Å². The lowest BCUT2D eigenvalue weighted by molar-refractivity contribution is 0.202. The Morgan fingerprint density at radius 3 is 2.58 bits per heavy atom. The number of rotatable bonds is 6. The Labute approximate surface area is 152 Å². The Kier molecular flexibility index (Phi) is 5.32. The summed E-state index contributed by atoms with van der Waals surface area (Å²) in [5.74, 6) is 1.58. The Balaban J connectivity index is 1.71. The van der Waals surface area contributed by atoms with Crippen LogP contribution in [0.5, 0.6) is 5.75 Å². The molecule has 0 spiro atoms. The highest BCUT2D eigenvalue weighted by Crippen LogP contribution is 2.24. The quantitative estimate of drug-likeness (QED) is 0.656. The first-order chi connectivity index (χ1) is 12.5. The van der Waals surface area contributed by atoms with Crippen LogP contribution in [0.3, 0.4) is 0 Å². The van der Waals surface area contributed by atoms with Crippen molar-refractivity contribution in [2.45, 2.75) is 26.4 Å². The minimum atomic E-state index is -0.245. The van der Waals surface area contributed by atoms with Gasteiger partial charge < -0.3 is 9.26 Å². The van der Waals surface area contributed by atoms with Crippen LogP contribution >= 0.6 is 0 Å². The van der Waals surface area contributed by atoms with Crippen molar-refractivity contribution in [2.75, 3.05) is 14.2 Å². The Morgan fingerprint density at radius 2 is 1.92 bits per heavy atom. The first-order valence-corrected chi connectivity index (χ1v) is 8.41. The highest BCUT2D eigenvalue weighted by molar-refractivity contribution is 5.55. The number of hydrogen-bond donors (Lipinski definition) is 0. The second-order valence-electron chi connectivity index (χ2n) is 6.36. The molecule has 0 amide bonds. The van der Waals surface area contributed by atoms with Crippen LogP contribution in [-0.2, 0) is 6.54 Å². The lowest BCUT2D eigenvalue weighted by atomic mass is 10.1. The minimum absolute atomic E-state index is 0.0557. The smallest absolute Gasteiger partial charge is 0.244 e. The first-order valence-electron chi connectivity index (χ1n) is 8.41. The van der Waals surface area contributed by atoms with E-state index < -0.39 is 0 Å². The Bertz CT molecular complexity index is 877. The van der Waals surface area contributed by atoms with Gasteiger partial charge in [0.1, 0.15) is 11.6 Å². The van der Waals surface area contributed by atoms with Crippen molar-refractivity contribution in [1.82, 2.24) is 15.0 Å². The van der Waals surface area contributed by atoms with E-state index in [1.165, 1.54) is 6.07 Å². The minimum Gasteiger partial charge on any atom is -0.497 e. The van der Waals surface area contributed by atoms with Crippen molar-refractivity contribution in [3.05, 3.63) is 65.3 Å². The summed E-state index contributed by atoms with van der Waals surface area (Å²) in [7, 11) is 3.65. The van der Waals surface area contributed by atoms with Gasteiger partial charge in [-0.1, -0.05) is 17.3 Å². The largest absolute Gasteiger partial charge is 0.497 e. The molecule has 0 aliphatic carbocycles. The van der Waals surface area contributed by atoms with E-state index >= 15 is 0 Å². The number of halogens is 1. The van der Waals surface area contributed by atoms with Gasteiger partial charge >= 0.3 is 0 Å². The number of benzene rings is 2. The van der Waals surface area contributed by atoms with E-state index in [0.717, 1.165) is 23.4 Å². The average molecular weight is 355 g/mol. The van der Waals surface area contributed by atoms with E-state index in [9.17, 15) is 4.39 Å². The molecule has 2 aromatic carbocycles. The number of nitrogens with zero attached hydrogens (tertiary/aromatic N) is 3. The zero-order chi connectivity index (χ0) is 18.7. The molecule has 1 atom stereocenters. The van der Waals surface area contributed by atoms with Gasteiger partial charge in [0, 0.05) is 12.1 Å². The van der Waals surface area contributed by atoms with Crippen molar-refractivity contribution in [1.29, 1.82) is 0 Å². The second-order valence-corrected chi connectivity index (χ2v) is 6.36. The molecule has 3 aromatic rings. The maximum Gasteiger partial charge on any atom is 0.244 e. The molecular formula is C20H22FN3O2. The predicted octanol–water partition coefficient (Wildman–Crippen LogP) is 4.39. The van der Waals surface area contributed by atoms with Crippen LogP contribution in [0.25, 0.3) is 11.4 Å². The third-order valence-electron chi connectivity index (χ3n) is 4.47. The lowest BCUT2D eigenvalue weighted by Crippen LogP contribution is -2.22. The zero-order valence-electron chi connectivity index (χ0n) is 15.4. The molecule has 0 bridgehead atoms. The fraction of sp³-hybridized carbons (Fsp3) is 0.300. The zero-order valence-corrected chi connectivity index (χ0v) is 15.4. The van der Waals surface area contributed by atoms with E-state index in [0.29, 0.717) is 17.3 Å².